The topological polar surface area (TPSA) is 53.4 Å². The van der Waals surface area contributed by atoms with Crippen molar-refractivity contribution in [1.29, 1.82) is 0 Å². The fourth-order valence-electron chi connectivity index (χ4n) is 6.68. The number of aryl methyl sites for hydroxylation is 1. The normalized spacial score (nSPS) is 35.3. The predicted molar refractivity (Wildman–Crippen MR) is 111 cm³/mol. The lowest BCUT2D eigenvalue weighted by Crippen LogP contribution is -2.45. The number of aliphatic hydroxyl groups excluding tert-OH is 1. The first-order valence-corrected chi connectivity index (χ1v) is 10.7. The molecule has 1 aromatic heterocycles. The van der Waals surface area contributed by atoms with Crippen molar-refractivity contribution in [3.8, 4) is 5.75 Å². The highest BCUT2D eigenvalue weighted by Gasteiger charge is 2.57. The summed E-state index contributed by atoms with van der Waals surface area (Å²) < 4.78 is 0. The minimum Gasteiger partial charge on any atom is -0.508 e. The number of phenols is 1. The van der Waals surface area contributed by atoms with Crippen LogP contribution in [-0.2, 0) is 6.42 Å². The maximum absolute atomic E-state index is 11.4. The number of aliphatic hydroxyl groups is 1. The van der Waals surface area contributed by atoms with E-state index in [9.17, 15) is 10.2 Å². The summed E-state index contributed by atoms with van der Waals surface area (Å²) in [7, 11) is 0. The minimum atomic E-state index is -0.335. The maximum Gasteiger partial charge on any atom is 0.115 e. The van der Waals surface area contributed by atoms with E-state index >= 15 is 0 Å². The van der Waals surface area contributed by atoms with Crippen molar-refractivity contribution >= 4 is 6.08 Å². The first-order chi connectivity index (χ1) is 13.6. The molecule has 3 nitrogen and oxygen atoms in total. The van der Waals surface area contributed by atoms with Gasteiger partial charge in [0.25, 0.3) is 0 Å². The van der Waals surface area contributed by atoms with Crippen LogP contribution in [-0.4, -0.2) is 21.3 Å². The van der Waals surface area contributed by atoms with Crippen LogP contribution in [0.5, 0.6) is 5.75 Å². The fourth-order valence-corrected chi connectivity index (χ4v) is 6.68. The van der Waals surface area contributed by atoms with Crippen LogP contribution in [0.25, 0.3) is 6.08 Å². The Hall–Kier alpha value is -2.13. The zero-order chi connectivity index (χ0) is 19.3. The number of fused-ring (bicyclic) bond motifs is 5. The van der Waals surface area contributed by atoms with Gasteiger partial charge in [-0.05, 0) is 103 Å². The zero-order valence-electron chi connectivity index (χ0n) is 16.5. The third kappa shape index (κ3) is 2.63. The summed E-state index contributed by atoms with van der Waals surface area (Å²) in [5, 5.41) is 21.3. The summed E-state index contributed by atoms with van der Waals surface area (Å²) in [6, 6.07) is 10.0. The SMILES string of the molecule is CCC12CCC3c4ccc(O)cc4CCC3C1C/C(=C\c1ccncc1)C2O. The Morgan fingerprint density at radius 3 is 2.79 bits per heavy atom. The van der Waals surface area contributed by atoms with Gasteiger partial charge in [-0.25, -0.2) is 0 Å². The number of nitrogens with zero attached hydrogens (tertiary/aromatic N) is 1. The first-order valence-electron chi connectivity index (χ1n) is 10.7. The second kappa shape index (κ2) is 6.73. The van der Waals surface area contributed by atoms with Crippen molar-refractivity contribution in [2.24, 2.45) is 17.3 Å². The summed E-state index contributed by atoms with van der Waals surface area (Å²) in [5.74, 6) is 2.13. The minimum absolute atomic E-state index is 0.0223. The number of benzene rings is 1. The molecule has 0 amide bonds. The number of aromatic hydroxyl groups is 1. The van der Waals surface area contributed by atoms with E-state index in [1.807, 2.05) is 36.7 Å². The smallest absolute Gasteiger partial charge is 0.115 e. The Labute approximate surface area is 167 Å². The molecule has 5 atom stereocenters. The van der Waals surface area contributed by atoms with Crippen LogP contribution in [0.3, 0.4) is 0 Å². The van der Waals surface area contributed by atoms with E-state index in [1.165, 1.54) is 23.1 Å². The quantitative estimate of drug-likeness (QED) is 0.769. The van der Waals surface area contributed by atoms with Crippen LogP contribution in [0.15, 0.2) is 48.3 Å². The Morgan fingerprint density at radius 1 is 1.18 bits per heavy atom. The van der Waals surface area contributed by atoms with Gasteiger partial charge in [-0.1, -0.05) is 19.1 Å². The van der Waals surface area contributed by atoms with E-state index in [2.05, 4.69) is 24.1 Å². The van der Waals surface area contributed by atoms with E-state index in [-0.39, 0.29) is 11.5 Å². The van der Waals surface area contributed by atoms with Crippen LogP contribution < -0.4 is 0 Å². The molecule has 2 fully saturated rings. The Balaban J connectivity index is 1.51. The highest BCUT2D eigenvalue weighted by Crippen LogP contribution is 2.63. The molecule has 146 valence electrons. The molecule has 0 aliphatic heterocycles. The lowest BCUT2D eigenvalue weighted by Gasteiger charge is -2.51. The van der Waals surface area contributed by atoms with E-state index in [4.69, 9.17) is 0 Å². The van der Waals surface area contributed by atoms with Crippen LogP contribution in [0, 0.1) is 17.3 Å². The van der Waals surface area contributed by atoms with E-state index < -0.39 is 0 Å². The Morgan fingerprint density at radius 2 is 2.00 bits per heavy atom. The summed E-state index contributed by atoms with van der Waals surface area (Å²) in [4.78, 5) is 4.11. The molecule has 3 aliphatic carbocycles. The molecule has 2 N–H and O–H groups in total. The van der Waals surface area contributed by atoms with Gasteiger partial charge in [0.15, 0.2) is 0 Å². The zero-order valence-corrected chi connectivity index (χ0v) is 16.5. The molecule has 2 saturated carbocycles. The average molecular weight is 376 g/mol. The molecular weight excluding hydrogens is 346 g/mol. The number of aromatic nitrogens is 1. The van der Waals surface area contributed by atoms with E-state index in [1.54, 1.807) is 0 Å². The highest BCUT2D eigenvalue weighted by molar-refractivity contribution is 5.55. The third-order valence-electron chi connectivity index (χ3n) is 8.03. The summed E-state index contributed by atoms with van der Waals surface area (Å²) in [6.45, 7) is 2.26. The lowest BCUT2D eigenvalue weighted by atomic mass is 9.54. The molecule has 1 heterocycles. The number of hydrogen-bond acceptors (Lipinski definition) is 3. The molecule has 5 rings (SSSR count). The average Bonchev–Trinajstić information content (AvgIpc) is 3.00. The summed E-state index contributed by atoms with van der Waals surface area (Å²) >= 11 is 0. The van der Waals surface area contributed by atoms with Crippen molar-refractivity contribution in [2.45, 2.75) is 57.5 Å². The second-order valence-electron chi connectivity index (χ2n) is 9.03. The molecule has 28 heavy (non-hydrogen) atoms. The van der Waals surface area contributed by atoms with Crippen molar-refractivity contribution in [2.75, 3.05) is 0 Å². The van der Waals surface area contributed by atoms with Gasteiger partial charge in [-0.15, -0.1) is 0 Å². The molecule has 0 spiro atoms. The lowest BCUT2D eigenvalue weighted by molar-refractivity contribution is -0.0329. The van der Waals surface area contributed by atoms with Crippen molar-refractivity contribution < 1.29 is 10.2 Å². The van der Waals surface area contributed by atoms with Gasteiger partial charge in [0.1, 0.15) is 5.75 Å². The standard InChI is InChI=1S/C25H29NO2/c1-2-25-10-7-21-20-6-4-19(27)14-17(20)3-5-22(21)23(25)15-18(24(25)28)13-16-8-11-26-12-9-16/h4,6,8-9,11-14,21-24,27-28H,2-3,5,7,10,15H2,1H3/b18-13+. The van der Waals surface area contributed by atoms with Crippen LogP contribution >= 0.6 is 0 Å². The van der Waals surface area contributed by atoms with Gasteiger partial charge in [-0.3, -0.25) is 4.98 Å². The van der Waals surface area contributed by atoms with E-state index in [0.29, 0.717) is 23.5 Å². The summed E-state index contributed by atoms with van der Waals surface area (Å²) in [5.41, 5.74) is 5.13. The van der Waals surface area contributed by atoms with Gasteiger partial charge >= 0.3 is 0 Å². The second-order valence-corrected chi connectivity index (χ2v) is 9.03. The van der Waals surface area contributed by atoms with Gasteiger partial charge < -0.3 is 10.2 Å². The predicted octanol–water partition coefficient (Wildman–Crippen LogP) is 5.09. The van der Waals surface area contributed by atoms with Crippen molar-refractivity contribution in [3.05, 3.63) is 65.0 Å². The van der Waals surface area contributed by atoms with Gasteiger partial charge in [-0.2, -0.15) is 0 Å². The van der Waals surface area contributed by atoms with Crippen LogP contribution in [0.4, 0.5) is 0 Å². The van der Waals surface area contributed by atoms with Crippen molar-refractivity contribution in [3.63, 3.8) is 0 Å². The number of phenolic OH excluding ortho intramolecular Hbond substituents is 1. The largest absolute Gasteiger partial charge is 0.508 e. The maximum atomic E-state index is 11.4. The van der Waals surface area contributed by atoms with Gasteiger partial charge in [0, 0.05) is 17.8 Å². The monoisotopic (exact) mass is 375 g/mol. The van der Waals surface area contributed by atoms with Crippen LogP contribution in [0.2, 0.25) is 0 Å². The number of pyridine rings is 1. The molecule has 1 aromatic carbocycles. The van der Waals surface area contributed by atoms with Gasteiger partial charge in [0.2, 0.25) is 0 Å². The first kappa shape index (κ1) is 17.9. The van der Waals surface area contributed by atoms with Gasteiger partial charge in [0.05, 0.1) is 6.10 Å². The molecule has 0 bridgehead atoms. The van der Waals surface area contributed by atoms with Crippen LogP contribution in [0.1, 0.15) is 61.6 Å². The third-order valence-corrected chi connectivity index (χ3v) is 8.03. The van der Waals surface area contributed by atoms with Crippen molar-refractivity contribution in [1.82, 2.24) is 4.98 Å². The Bertz CT molecular complexity index is 906. The molecule has 2 aromatic rings. The number of rotatable bonds is 2. The molecule has 3 aliphatic rings. The molecular formula is C25H29NO2. The molecule has 5 unspecified atom stereocenters. The number of hydrogen-bond donors (Lipinski definition) is 2. The fraction of sp³-hybridized carbons (Fsp3) is 0.480. The summed E-state index contributed by atoms with van der Waals surface area (Å²) in [6.07, 6.45) is 12.0. The van der Waals surface area contributed by atoms with E-state index in [0.717, 1.165) is 37.7 Å². The molecule has 0 saturated heterocycles. The Kier molecular flexibility index (Phi) is 4.31. The molecule has 0 radical (unpaired) electrons. The highest BCUT2D eigenvalue weighted by atomic mass is 16.3. The molecule has 3 heteroatoms.